The summed E-state index contributed by atoms with van der Waals surface area (Å²) >= 11 is 3.26. The molecule has 0 aliphatic heterocycles. The molecule has 86 valence electrons. The smallest absolute Gasteiger partial charge is 0.303 e. The summed E-state index contributed by atoms with van der Waals surface area (Å²) in [6.45, 7) is 0.980. The van der Waals surface area contributed by atoms with Gasteiger partial charge in [-0.3, -0.25) is 9.59 Å². The lowest BCUT2D eigenvalue weighted by Crippen LogP contribution is -2.12. The minimum absolute atomic E-state index is 0.276. The number of halogens is 1. The Morgan fingerprint density at radius 3 is 2.62 bits per heavy atom. The number of carbonyl (C=O) groups is 2. The van der Waals surface area contributed by atoms with E-state index in [0.29, 0.717) is 11.3 Å². The molecule has 1 rings (SSSR count). The first-order chi connectivity index (χ1) is 7.54. The van der Waals surface area contributed by atoms with Crippen molar-refractivity contribution in [3.63, 3.8) is 0 Å². The highest BCUT2D eigenvalue weighted by Gasteiger charge is 2.13. The summed E-state index contributed by atoms with van der Waals surface area (Å²) in [4.78, 5) is 22.3. The number of rotatable bonds is 4. The van der Waals surface area contributed by atoms with Crippen molar-refractivity contribution in [1.29, 1.82) is 0 Å². The lowest BCUT2D eigenvalue weighted by atomic mass is 10.1. The summed E-state index contributed by atoms with van der Waals surface area (Å²) < 4.78 is 10.4. The number of hydrogen-bond donors (Lipinski definition) is 0. The molecule has 0 unspecified atom stereocenters. The third-order valence-corrected chi connectivity index (χ3v) is 2.36. The van der Waals surface area contributed by atoms with Crippen LogP contribution in [0.2, 0.25) is 0 Å². The molecule has 0 fully saturated rings. The zero-order valence-corrected chi connectivity index (χ0v) is 10.5. The van der Waals surface area contributed by atoms with Crippen molar-refractivity contribution in [2.45, 2.75) is 6.92 Å². The molecule has 0 atom stereocenters. The Labute approximate surface area is 102 Å². The van der Waals surface area contributed by atoms with Crippen LogP contribution in [0, 0.1) is 0 Å². The van der Waals surface area contributed by atoms with Gasteiger partial charge < -0.3 is 9.47 Å². The first-order valence-corrected chi connectivity index (χ1v) is 5.34. The van der Waals surface area contributed by atoms with Crippen molar-refractivity contribution in [3.05, 3.63) is 28.2 Å². The van der Waals surface area contributed by atoms with Crippen LogP contribution in [0.25, 0.3) is 0 Å². The Morgan fingerprint density at radius 1 is 1.38 bits per heavy atom. The molecule has 0 heterocycles. The van der Waals surface area contributed by atoms with Crippen molar-refractivity contribution in [2.75, 3.05) is 13.7 Å². The van der Waals surface area contributed by atoms with E-state index in [4.69, 9.17) is 4.74 Å². The maximum atomic E-state index is 11.7. The molecule has 1 aromatic rings. The van der Waals surface area contributed by atoms with Crippen LogP contribution < -0.4 is 4.74 Å². The van der Waals surface area contributed by atoms with Gasteiger partial charge in [-0.2, -0.15) is 0 Å². The Balaban J connectivity index is 2.88. The van der Waals surface area contributed by atoms with E-state index >= 15 is 0 Å². The van der Waals surface area contributed by atoms with Gasteiger partial charge in [0.1, 0.15) is 5.75 Å². The maximum absolute atomic E-state index is 11.7. The van der Waals surface area contributed by atoms with Crippen LogP contribution in [0.3, 0.4) is 0 Å². The van der Waals surface area contributed by atoms with Crippen LogP contribution in [-0.2, 0) is 9.53 Å². The number of ketones is 1. The molecule has 0 aliphatic rings. The lowest BCUT2D eigenvalue weighted by Gasteiger charge is -2.07. The van der Waals surface area contributed by atoms with Crippen molar-refractivity contribution >= 4 is 27.7 Å². The quantitative estimate of drug-likeness (QED) is 0.629. The van der Waals surface area contributed by atoms with Crippen LogP contribution in [0.1, 0.15) is 17.3 Å². The van der Waals surface area contributed by atoms with Crippen LogP contribution in [0.5, 0.6) is 5.75 Å². The number of methoxy groups -OCH3 is 1. The molecule has 0 radical (unpaired) electrons. The van der Waals surface area contributed by atoms with E-state index in [1.54, 1.807) is 18.2 Å². The van der Waals surface area contributed by atoms with E-state index in [1.807, 2.05) is 0 Å². The molecule has 0 N–H and O–H groups in total. The average molecular weight is 287 g/mol. The van der Waals surface area contributed by atoms with Crippen LogP contribution >= 0.6 is 15.9 Å². The second-order valence-corrected chi connectivity index (χ2v) is 3.96. The normalized spacial score (nSPS) is 9.69. The van der Waals surface area contributed by atoms with Crippen molar-refractivity contribution in [3.8, 4) is 5.75 Å². The maximum Gasteiger partial charge on any atom is 0.303 e. The highest BCUT2D eigenvalue weighted by molar-refractivity contribution is 9.10. The third kappa shape index (κ3) is 3.34. The lowest BCUT2D eigenvalue weighted by molar-refractivity contribution is -0.139. The second-order valence-electron chi connectivity index (χ2n) is 3.05. The SMILES string of the molecule is COc1ccc(Br)cc1C(=O)COC(C)=O. The third-order valence-electron chi connectivity index (χ3n) is 1.87. The standard InChI is InChI=1S/C11H11BrO4/c1-7(13)16-6-10(14)9-5-8(12)3-4-11(9)15-2/h3-5H,6H2,1-2H3. The van der Waals surface area contributed by atoms with E-state index in [2.05, 4.69) is 20.7 Å². The molecule has 0 spiro atoms. The first kappa shape index (κ1) is 12.7. The molecule has 0 saturated carbocycles. The monoisotopic (exact) mass is 286 g/mol. The molecule has 0 saturated heterocycles. The number of esters is 1. The number of ether oxygens (including phenoxy) is 2. The van der Waals surface area contributed by atoms with E-state index in [9.17, 15) is 9.59 Å². The van der Waals surface area contributed by atoms with Gasteiger partial charge in [-0.15, -0.1) is 0 Å². The summed E-state index contributed by atoms with van der Waals surface area (Å²) in [5.74, 6) is -0.323. The van der Waals surface area contributed by atoms with Gasteiger partial charge in [0.2, 0.25) is 5.78 Å². The molecule has 0 amide bonds. The minimum atomic E-state index is -0.484. The highest BCUT2D eigenvalue weighted by Crippen LogP contribution is 2.23. The van der Waals surface area contributed by atoms with Gasteiger partial charge in [0.15, 0.2) is 6.61 Å². The molecule has 0 aromatic heterocycles. The van der Waals surface area contributed by atoms with Crippen LogP contribution in [-0.4, -0.2) is 25.5 Å². The molecule has 0 aliphatic carbocycles. The van der Waals surface area contributed by atoms with Gasteiger partial charge in [0, 0.05) is 11.4 Å². The summed E-state index contributed by atoms with van der Waals surface area (Å²) in [5.41, 5.74) is 0.387. The Kier molecular flexibility index (Phi) is 4.49. The van der Waals surface area contributed by atoms with Gasteiger partial charge in [-0.1, -0.05) is 15.9 Å². The molecule has 1 aromatic carbocycles. The summed E-state index contributed by atoms with van der Waals surface area (Å²) in [6, 6.07) is 5.07. The van der Waals surface area contributed by atoms with Crippen molar-refractivity contribution in [2.24, 2.45) is 0 Å². The van der Waals surface area contributed by atoms with Gasteiger partial charge in [0.05, 0.1) is 12.7 Å². The Bertz CT molecular complexity index is 414. The fourth-order valence-electron chi connectivity index (χ4n) is 1.14. The molecule has 16 heavy (non-hydrogen) atoms. The summed E-state index contributed by atoms with van der Waals surface area (Å²) in [7, 11) is 1.48. The van der Waals surface area contributed by atoms with Gasteiger partial charge in [-0.25, -0.2) is 0 Å². The zero-order valence-electron chi connectivity index (χ0n) is 8.95. The predicted octanol–water partition coefficient (Wildman–Crippen LogP) is 2.20. The number of carbonyl (C=O) groups excluding carboxylic acids is 2. The summed E-state index contributed by atoms with van der Waals surface area (Å²) in [6.07, 6.45) is 0. The molecule has 0 bridgehead atoms. The fraction of sp³-hybridized carbons (Fsp3) is 0.273. The van der Waals surface area contributed by atoms with E-state index < -0.39 is 5.97 Å². The zero-order chi connectivity index (χ0) is 12.1. The molecule has 4 nitrogen and oxygen atoms in total. The average Bonchev–Trinajstić information content (AvgIpc) is 2.25. The molecular formula is C11H11BrO4. The van der Waals surface area contributed by atoms with Crippen molar-refractivity contribution in [1.82, 2.24) is 0 Å². The number of hydrogen-bond acceptors (Lipinski definition) is 4. The van der Waals surface area contributed by atoms with Crippen LogP contribution in [0.15, 0.2) is 22.7 Å². The highest BCUT2D eigenvalue weighted by atomic mass is 79.9. The van der Waals surface area contributed by atoms with Gasteiger partial charge in [-0.05, 0) is 18.2 Å². The van der Waals surface area contributed by atoms with Gasteiger partial charge >= 0.3 is 5.97 Å². The fourth-order valence-corrected chi connectivity index (χ4v) is 1.50. The topological polar surface area (TPSA) is 52.6 Å². The summed E-state index contributed by atoms with van der Waals surface area (Å²) in [5, 5.41) is 0. The van der Waals surface area contributed by atoms with E-state index in [-0.39, 0.29) is 12.4 Å². The van der Waals surface area contributed by atoms with E-state index in [0.717, 1.165) is 4.47 Å². The van der Waals surface area contributed by atoms with Gasteiger partial charge in [0.25, 0.3) is 0 Å². The van der Waals surface area contributed by atoms with Crippen LogP contribution in [0.4, 0.5) is 0 Å². The largest absolute Gasteiger partial charge is 0.496 e. The van der Waals surface area contributed by atoms with Crippen molar-refractivity contribution < 1.29 is 19.1 Å². The molecule has 5 heteroatoms. The Hall–Kier alpha value is -1.36. The minimum Gasteiger partial charge on any atom is -0.496 e. The predicted molar refractivity (Wildman–Crippen MR) is 61.7 cm³/mol. The number of Topliss-reactive ketones (excluding diaryl/α,β-unsaturated/α-hetero) is 1. The van der Waals surface area contributed by atoms with E-state index in [1.165, 1.54) is 14.0 Å². The Morgan fingerprint density at radius 2 is 2.06 bits per heavy atom. The molecular weight excluding hydrogens is 276 g/mol. The number of benzene rings is 1. The first-order valence-electron chi connectivity index (χ1n) is 4.54. The second kappa shape index (κ2) is 5.65.